The summed E-state index contributed by atoms with van der Waals surface area (Å²) >= 11 is 20.9. The van der Waals surface area contributed by atoms with Gasteiger partial charge in [0.15, 0.2) is 5.75 Å². The van der Waals surface area contributed by atoms with Gasteiger partial charge in [-0.1, -0.05) is 78.9 Å². The van der Waals surface area contributed by atoms with Gasteiger partial charge in [-0.05, 0) is 24.3 Å². The number of hydrogen-bond acceptors (Lipinski definition) is 1. The standard InChI is InChI=1S/C32H12BF24.C10H7Br6OS/c34-25(35,36)13-1-14(26(37,38)39)6-21(5-13)33(22-7-15(27(40,41)42)2-16(8-22)28(43,44)45,23-9-17(29(46,47)48)3-18(10-23)30(49,50)51)24-11-19(31(52,53)54)4-20(12-24)32(55,56)57;11-9(12,13)18(10(14,15)16)6-8(17)7-4-2-1-3-5-7/h1-12H;1-5H,6H2/q-1;+1. The lowest BCUT2D eigenvalue weighted by molar-refractivity contribution is -0.144. The molecule has 0 atom stereocenters. The zero-order valence-electron chi connectivity index (χ0n) is 35.3. The van der Waals surface area contributed by atoms with Crippen LogP contribution in [0, 0.1) is 0 Å². The van der Waals surface area contributed by atoms with E-state index in [0.29, 0.717) is 11.3 Å². The van der Waals surface area contributed by atoms with Gasteiger partial charge in [0.2, 0.25) is 5.78 Å². The van der Waals surface area contributed by atoms with Crippen LogP contribution < -0.4 is 21.9 Å². The number of carbonyl (C=O) groups excluding carboxylic acids is 1. The molecule has 0 fully saturated rings. The van der Waals surface area contributed by atoms with Crippen molar-refractivity contribution in [3.63, 3.8) is 0 Å². The molecule has 0 aromatic heterocycles. The van der Waals surface area contributed by atoms with Gasteiger partial charge in [0, 0.05) is 101 Å². The van der Waals surface area contributed by atoms with Gasteiger partial charge in [-0.25, -0.2) is 0 Å². The molecule has 0 amide bonds. The van der Waals surface area contributed by atoms with Crippen LogP contribution in [0.4, 0.5) is 105 Å². The Morgan fingerprint density at radius 2 is 0.520 bits per heavy atom. The minimum absolute atomic E-state index is 0.0874. The van der Waals surface area contributed by atoms with Crippen molar-refractivity contribution in [3.05, 3.63) is 153 Å². The Morgan fingerprint density at radius 3 is 0.680 bits per heavy atom. The molecule has 0 spiro atoms. The fourth-order valence-electron chi connectivity index (χ4n) is 7.20. The summed E-state index contributed by atoms with van der Waals surface area (Å²) < 4.78 is 340. The third-order valence-electron chi connectivity index (χ3n) is 10.4. The second-order valence-electron chi connectivity index (χ2n) is 15.4. The predicted octanol–water partition coefficient (Wildman–Crippen LogP) is 17.3. The third kappa shape index (κ3) is 16.3. The highest BCUT2D eigenvalue weighted by atomic mass is 80.0. The van der Waals surface area contributed by atoms with Crippen molar-refractivity contribution in [1.82, 2.24) is 0 Å². The average molecular weight is 1520 g/mol. The van der Waals surface area contributed by atoms with Crippen molar-refractivity contribution >= 4 is 140 Å². The molecule has 0 saturated carbocycles. The molecule has 0 N–H and O–H groups in total. The first-order valence-corrected chi connectivity index (χ1v) is 25.3. The fourth-order valence-corrected chi connectivity index (χ4v) is 20.5. The van der Waals surface area contributed by atoms with Crippen LogP contribution in [0.3, 0.4) is 0 Å². The van der Waals surface area contributed by atoms with E-state index in [-0.39, 0.29) is 5.78 Å². The van der Waals surface area contributed by atoms with Gasteiger partial charge in [-0.2, -0.15) is 127 Å². The molecule has 75 heavy (non-hydrogen) atoms. The fraction of sp³-hybridized carbons (Fsp3) is 0.262. The molecule has 412 valence electrons. The highest BCUT2D eigenvalue weighted by Crippen LogP contribution is 2.54. The van der Waals surface area contributed by atoms with E-state index >= 15 is 0 Å². The van der Waals surface area contributed by atoms with Crippen molar-refractivity contribution in [1.29, 1.82) is 0 Å². The van der Waals surface area contributed by atoms with Gasteiger partial charge in [0.05, 0.1) is 55.4 Å². The molecular formula is C42H19BBr6F24OS. The van der Waals surface area contributed by atoms with E-state index in [9.17, 15) is 110 Å². The molecule has 0 unspecified atom stereocenters. The molecule has 0 bridgehead atoms. The number of carbonyl (C=O) groups is 1. The Kier molecular flexibility index (Phi) is 19.2. The van der Waals surface area contributed by atoms with Crippen LogP contribution in [0.1, 0.15) is 54.9 Å². The lowest BCUT2D eigenvalue weighted by Gasteiger charge is -2.46. The number of hydrogen-bond donors (Lipinski definition) is 0. The van der Waals surface area contributed by atoms with Crippen LogP contribution in [-0.2, 0) is 60.3 Å². The monoisotopic (exact) mass is 1510 g/mol. The molecule has 5 rings (SSSR count). The van der Waals surface area contributed by atoms with E-state index in [4.69, 9.17) is 0 Å². The lowest BCUT2D eigenvalue weighted by atomic mass is 9.12. The summed E-state index contributed by atoms with van der Waals surface area (Å²) in [5.74, 6) is 0.456. The van der Waals surface area contributed by atoms with E-state index in [1.54, 1.807) is 0 Å². The number of halogens is 30. The first kappa shape index (κ1) is 64.9. The van der Waals surface area contributed by atoms with E-state index < -0.39 is 209 Å². The summed E-state index contributed by atoms with van der Waals surface area (Å²) in [4.78, 5) is 12.2. The van der Waals surface area contributed by atoms with Crippen molar-refractivity contribution < 1.29 is 110 Å². The smallest absolute Gasteiger partial charge is 0.289 e. The van der Waals surface area contributed by atoms with Gasteiger partial charge in [-0.15, -0.1) is 0 Å². The SMILES string of the molecule is FC(F)(F)c1cc([B-](c2cc(C(F)(F)F)cc(C(F)(F)F)c2)(c2cc(C(F)(F)F)cc(C(F)(F)F)c2)c2cc(C(F)(F)F)cc(C(F)(F)F)c2)cc(C(F)(F)F)c1.O=C(C[S+](C(Br)(Br)Br)C(Br)(Br)Br)c1ccccc1. The maximum atomic E-state index is 14.2. The zero-order valence-corrected chi connectivity index (χ0v) is 45.6. The van der Waals surface area contributed by atoms with Gasteiger partial charge >= 0.3 is 49.4 Å². The molecule has 5 aromatic rings. The number of benzene rings is 5. The molecule has 5 aromatic carbocycles. The molecule has 0 aliphatic heterocycles. The van der Waals surface area contributed by atoms with Gasteiger partial charge in [-0.3, -0.25) is 4.79 Å². The summed E-state index contributed by atoms with van der Waals surface area (Å²) in [5.41, 5.74) is -29.5. The quantitative estimate of drug-likeness (QED) is 0.0522. The number of alkyl halides is 30. The first-order valence-electron chi connectivity index (χ1n) is 19.2. The van der Waals surface area contributed by atoms with Crippen molar-refractivity contribution in [2.75, 3.05) is 5.75 Å². The van der Waals surface area contributed by atoms with E-state index in [2.05, 4.69) is 95.6 Å². The second-order valence-corrected chi connectivity index (χ2v) is 34.4. The van der Waals surface area contributed by atoms with E-state index in [0.717, 1.165) is 0 Å². The minimum Gasteiger partial charge on any atom is -0.289 e. The van der Waals surface area contributed by atoms with Crippen molar-refractivity contribution in [2.45, 2.75) is 52.4 Å². The summed E-state index contributed by atoms with van der Waals surface area (Å²) in [5, 5.41) is 0. The Balaban J connectivity index is 0.000000569. The Bertz CT molecular complexity index is 2410. The number of ketones is 1. The van der Waals surface area contributed by atoms with Gasteiger partial charge < -0.3 is 0 Å². The third-order valence-corrected chi connectivity index (χ3v) is 19.1. The van der Waals surface area contributed by atoms with Crippen LogP contribution >= 0.6 is 95.6 Å². The average Bonchev–Trinajstić information content (AvgIpc) is 3.22. The first-order chi connectivity index (χ1) is 33.4. The Labute approximate surface area is 458 Å². The highest BCUT2D eigenvalue weighted by molar-refractivity contribution is 9.46. The predicted molar refractivity (Wildman–Crippen MR) is 252 cm³/mol. The summed E-state index contributed by atoms with van der Waals surface area (Å²) in [7, 11) is -0.439. The molecule has 0 saturated heterocycles. The van der Waals surface area contributed by atoms with Crippen molar-refractivity contribution in [3.8, 4) is 0 Å². The Hall–Kier alpha value is -2.62. The second kappa shape index (κ2) is 22.1. The highest BCUT2D eigenvalue weighted by Gasteiger charge is 2.55. The van der Waals surface area contributed by atoms with Crippen LogP contribution in [0.15, 0.2) is 103 Å². The van der Waals surface area contributed by atoms with Crippen LogP contribution in [-0.4, -0.2) is 20.6 Å². The zero-order chi connectivity index (χ0) is 57.9. The maximum absolute atomic E-state index is 14.2. The van der Waals surface area contributed by atoms with Crippen LogP contribution in [0.25, 0.3) is 0 Å². The summed E-state index contributed by atoms with van der Waals surface area (Å²) in [6, 6.07) is 0.442. The van der Waals surface area contributed by atoms with Gasteiger partial charge in [0.1, 0.15) is 6.15 Å². The van der Waals surface area contributed by atoms with E-state index in [1.807, 2.05) is 30.3 Å². The molecule has 0 aliphatic carbocycles. The molecular weight excluding hydrogens is 1500 g/mol. The lowest BCUT2D eigenvalue weighted by Crippen LogP contribution is -2.75. The van der Waals surface area contributed by atoms with E-state index in [1.165, 1.54) is 0 Å². The maximum Gasteiger partial charge on any atom is 0.416 e. The molecule has 0 aliphatic rings. The Morgan fingerprint density at radius 1 is 0.333 bits per heavy atom. The summed E-state index contributed by atoms with van der Waals surface area (Å²) in [6.07, 6.45) is -54.8. The van der Waals surface area contributed by atoms with Crippen molar-refractivity contribution in [2.24, 2.45) is 0 Å². The number of rotatable bonds is 7. The molecule has 1 nitrogen and oxygen atoms in total. The van der Waals surface area contributed by atoms with Crippen LogP contribution in [0.2, 0.25) is 0 Å². The molecule has 0 heterocycles. The van der Waals surface area contributed by atoms with Gasteiger partial charge in [0.25, 0.3) is 2.95 Å². The number of Topliss-reactive ketones (excluding diaryl/α,β-unsaturated/α-hetero) is 1. The summed E-state index contributed by atoms with van der Waals surface area (Å²) in [6.45, 7) is 0. The molecule has 0 radical (unpaired) electrons. The minimum atomic E-state index is -6.13. The molecule has 33 heteroatoms. The van der Waals surface area contributed by atoms with Crippen LogP contribution in [0.5, 0.6) is 0 Å². The normalized spacial score (nSPS) is 14.0. The topological polar surface area (TPSA) is 17.1 Å². The largest absolute Gasteiger partial charge is 0.416 e.